The number of nitrogens with zero attached hydrogens (tertiary/aromatic N) is 2. The molecule has 0 spiro atoms. The molecular weight excluding hydrogens is 284 g/mol. The second-order valence-corrected chi connectivity index (χ2v) is 8.55. The van der Waals surface area contributed by atoms with Crippen LogP contribution in [0.4, 0.5) is 0 Å². The van der Waals surface area contributed by atoms with Gasteiger partial charge in [0.25, 0.3) is 0 Å². The van der Waals surface area contributed by atoms with E-state index in [2.05, 4.69) is 13.8 Å². The van der Waals surface area contributed by atoms with Crippen LogP contribution in [0.15, 0.2) is 29.2 Å². The first-order chi connectivity index (χ1) is 9.76. The van der Waals surface area contributed by atoms with Crippen LogP contribution in [0.3, 0.4) is 0 Å². The summed E-state index contributed by atoms with van der Waals surface area (Å²) in [6.45, 7) is 4.47. The van der Waals surface area contributed by atoms with Crippen LogP contribution >= 0.6 is 0 Å². The Kier molecular flexibility index (Phi) is 4.40. The third kappa shape index (κ3) is 3.45. The third-order valence-electron chi connectivity index (χ3n) is 4.48. The van der Waals surface area contributed by atoms with Crippen LogP contribution in [-0.2, 0) is 10.0 Å². The molecule has 1 aliphatic carbocycles. The highest BCUT2D eigenvalue weighted by Crippen LogP contribution is 2.37. The van der Waals surface area contributed by atoms with Crippen molar-refractivity contribution in [3.05, 3.63) is 29.8 Å². The molecule has 0 atom stereocenters. The monoisotopic (exact) mass is 306 g/mol. The normalized spacial score (nSPS) is 19.4. The SMILES string of the molecule is CN(C1CCC(C)(C)CC1)S(=O)(=O)c1ccc(C#N)cc1. The molecule has 114 valence electrons. The Morgan fingerprint density at radius 2 is 1.71 bits per heavy atom. The molecule has 2 rings (SSSR count). The first-order valence-electron chi connectivity index (χ1n) is 7.24. The Morgan fingerprint density at radius 1 is 1.19 bits per heavy atom. The van der Waals surface area contributed by atoms with Gasteiger partial charge in [-0.3, -0.25) is 0 Å². The van der Waals surface area contributed by atoms with Gasteiger partial charge in [0.05, 0.1) is 16.5 Å². The van der Waals surface area contributed by atoms with Gasteiger partial charge >= 0.3 is 0 Å². The molecule has 0 aliphatic heterocycles. The van der Waals surface area contributed by atoms with Crippen LogP contribution < -0.4 is 0 Å². The smallest absolute Gasteiger partial charge is 0.207 e. The van der Waals surface area contributed by atoms with Crippen LogP contribution in [0.2, 0.25) is 0 Å². The molecule has 1 aromatic rings. The van der Waals surface area contributed by atoms with Crippen LogP contribution in [0.5, 0.6) is 0 Å². The van der Waals surface area contributed by atoms with Crippen LogP contribution in [-0.4, -0.2) is 25.8 Å². The van der Waals surface area contributed by atoms with Gasteiger partial charge in [-0.2, -0.15) is 9.57 Å². The molecule has 1 saturated carbocycles. The van der Waals surface area contributed by atoms with Crippen molar-refractivity contribution in [3.8, 4) is 6.07 Å². The zero-order valence-electron chi connectivity index (χ0n) is 12.8. The zero-order valence-corrected chi connectivity index (χ0v) is 13.7. The lowest BCUT2D eigenvalue weighted by atomic mass is 9.76. The standard InChI is InChI=1S/C16H22N2O2S/c1-16(2)10-8-14(9-11-16)18(3)21(19,20)15-6-4-13(12-17)5-7-15/h4-7,14H,8-11H2,1-3H3. The lowest BCUT2D eigenvalue weighted by Gasteiger charge is -2.38. The summed E-state index contributed by atoms with van der Waals surface area (Å²) < 4.78 is 26.8. The predicted octanol–water partition coefficient (Wildman–Crippen LogP) is 3.15. The Labute approximate surface area is 127 Å². The van der Waals surface area contributed by atoms with E-state index in [1.54, 1.807) is 19.2 Å². The largest absolute Gasteiger partial charge is 0.243 e. The van der Waals surface area contributed by atoms with Gasteiger partial charge in [0, 0.05) is 13.1 Å². The van der Waals surface area contributed by atoms with Crippen molar-refractivity contribution in [1.29, 1.82) is 5.26 Å². The lowest BCUT2D eigenvalue weighted by molar-refractivity contribution is 0.174. The molecule has 21 heavy (non-hydrogen) atoms. The van der Waals surface area contributed by atoms with E-state index in [1.807, 2.05) is 6.07 Å². The van der Waals surface area contributed by atoms with Gasteiger partial charge in [-0.15, -0.1) is 0 Å². The summed E-state index contributed by atoms with van der Waals surface area (Å²) in [5, 5.41) is 8.78. The summed E-state index contributed by atoms with van der Waals surface area (Å²) in [4.78, 5) is 0.258. The van der Waals surface area contributed by atoms with E-state index in [1.165, 1.54) is 16.4 Å². The number of benzene rings is 1. The Hall–Kier alpha value is -1.38. The maximum atomic E-state index is 12.6. The van der Waals surface area contributed by atoms with Gasteiger partial charge in [0.2, 0.25) is 10.0 Å². The quantitative estimate of drug-likeness (QED) is 0.862. The van der Waals surface area contributed by atoms with Crippen molar-refractivity contribution >= 4 is 10.0 Å². The molecule has 0 aromatic heterocycles. The minimum Gasteiger partial charge on any atom is -0.207 e. The zero-order chi connectivity index (χ0) is 15.7. The van der Waals surface area contributed by atoms with Crippen LogP contribution in [0.1, 0.15) is 45.1 Å². The van der Waals surface area contributed by atoms with E-state index < -0.39 is 10.0 Å². The summed E-state index contributed by atoms with van der Waals surface area (Å²) in [6, 6.07) is 8.18. The maximum Gasteiger partial charge on any atom is 0.243 e. The highest BCUT2D eigenvalue weighted by Gasteiger charge is 2.33. The average Bonchev–Trinajstić information content (AvgIpc) is 2.46. The molecule has 1 aliphatic rings. The first-order valence-corrected chi connectivity index (χ1v) is 8.68. The number of sulfonamides is 1. The molecule has 5 heteroatoms. The molecule has 1 fully saturated rings. The number of hydrogen-bond acceptors (Lipinski definition) is 3. The molecule has 0 amide bonds. The Bertz CT molecular complexity index is 632. The third-order valence-corrected chi connectivity index (χ3v) is 6.41. The topological polar surface area (TPSA) is 61.2 Å². The highest BCUT2D eigenvalue weighted by molar-refractivity contribution is 7.89. The maximum absolute atomic E-state index is 12.6. The molecule has 0 bridgehead atoms. The summed E-state index contributed by atoms with van der Waals surface area (Å²) in [5.74, 6) is 0. The molecule has 1 aromatic carbocycles. The molecule has 0 saturated heterocycles. The molecule has 0 radical (unpaired) electrons. The fourth-order valence-corrected chi connectivity index (χ4v) is 4.23. The van der Waals surface area contributed by atoms with E-state index >= 15 is 0 Å². The molecule has 4 nitrogen and oxygen atoms in total. The van der Waals surface area contributed by atoms with Crippen molar-refractivity contribution < 1.29 is 8.42 Å². The van der Waals surface area contributed by atoms with Gasteiger partial charge in [-0.1, -0.05) is 13.8 Å². The minimum absolute atomic E-state index is 0.0682. The second kappa shape index (κ2) is 5.78. The predicted molar refractivity (Wildman–Crippen MR) is 82.1 cm³/mol. The lowest BCUT2D eigenvalue weighted by Crippen LogP contribution is -2.40. The van der Waals surface area contributed by atoms with Gasteiger partial charge in [0.1, 0.15) is 0 Å². The van der Waals surface area contributed by atoms with Crippen molar-refractivity contribution in [2.24, 2.45) is 5.41 Å². The molecule has 0 N–H and O–H groups in total. The fourth-order valence-electron chi connectivity index (χ4n) is 2.81. The second-order valence-electron chi connectivity index (χ2n) is 6.55. The molecule has 0 unspecified atom stereocenters. The number of rotatable bonds is 3. The van der Waals surface area contributed by atoms with Gasteiger partial charge < -0.3 is 0 Å². The fraction of sp³-hybridized carbons (Fsp3) is 0.562. The highest BCUT2D eigenvalue weighted by atomic mass is 32.2. The van der Waals surface area contributed by atoms with E-state index in [0.29, 0.717) is 11.0 Å². The van der Waals surface area contributed by atoms with E-state index in [-0.39, 0.29) is 10.9 Å². The Balaban J connectivity index is 2.17. The van der Waals surface area contributed by atoms with Gasteiger partial charge in [-0.05, 0) is 55.4 Å². The van der Waals surface area contributed by atoms with Crippen molar-refractivity contribution in [1.82, 2.24) is 4.31 Å². The average molecular weight is 306 g/mol. The first kappa shape index (κ1) is 16.0. The van der Waals surface area contributed by atoms with Gasteiger partial charge in [0.15, 0.2) is 0 Å². The van der Waals surface area contributed by atoms with E-state index in [9.17, 15) is 8.42 Å². The van der Waals surface area contributed by atoms with Crippen LogP contribution in [0, 0.1) is 16.7 Å². The summed E-state index contributed by atoms with van der Waals surface area (Å²) >= 11 is 0. The van der Waals surface area contributed by atoms with E-state index in [4.69, 9.17) is 5.26 Å². The number of nitriles is 1. The van der Waals surface area contributed by atoms with Crippen LogP contribution in [0.25, 0.3) is 0 Å². The summed E-state index contributed by atoms with van der Waals surface area (Å²) in [5.41, 5.74) is 0.784. The summed E-state index contributed by atoms with van der Waals surface area (Å²) in [7, 11) is -1.81. The Morgan fingerprint density at radius 3 is 2.19 bits per heavy atom. The summed E-state index contributed by atoms with van der Waals surface area (Å²) in [6.07, 6.45) is 3.90. The molecular formula is C16H22N2O2S. The van der Waals surface area contributed by atoms with Crippen molar-refractivity contribution in [2.75, 3.05) is 7.05 Å². The minimum atomic E-state index is -3.48. The molecule has 0 heterocycles. The van der Waals surface area contributed by atoms with Crippen molar-refractivity contribution in [2.45, 2.75) is 50.5 Å². The van der Waals surface area contributed by atoms with Gasteiger partial charge in [-0.25, -0.2) is 8.42 Å². The van der Waals surface area contributed by atoms with E-state index in [0.717, 1.165) is 25.7 Å². The number of hydrogen-bond donors (Lipinski definition) is 0. The van der Waals surface area contributed by atoms with Crippen molar-refractivity contribution in [3.63, 3.8) is 0 Å².